The van der Waals surface area contributed by atoms with Crippen molar-refractivity contribution >= 4 is 6.03 Å². The molecule has 2 aliphatic rings. The van der Waals surface area contributed by atoms with Gasteiger partial charge in [0.1, 0.15) is 5.82 Å². The van der Waals surface area contributed by atoms with E-state index in [-0.39, 0.29) is 12.1 Å². The lowest BCUT2D eigenvalue weighted by Crippen LogP contribution is -2.43. The topological polar surface area (TPSA) is 63.1 Å². The van der Waals surface area contributed by atoms with Gasteiger partial charge in [-0.1, -0.05) is 30.3 Å². The van der Waals surface area contributed by atoms with Crippen LogP contribution in [0.5, 0.6) is 0 Å². The van der Waals surface area contributed by atoms with Gasteiger partial charge in [0, 0.05) is 25.6 Å². The summed E-state index contributed by atoms with van der Waals surface area (Å²) in [5.74, 6) is 1.93. The van der Waals surface area contributed by atoms with Crippen molar-refractivity contribution in [3.63, 3.8) is 0 Å². The number of urea groups is 1. The van der Waals surface area contributed by atoms with Crippen LogP contribution >= 0.6 is 0 Å². The highest BCUT2D eigenvalue weighted by Crippen LogP contribution is 2.21. The average molecular weight is 339 g/mol. The number of rotatable bonds is 4. The van der Waals surface area contributed by atoms with E-state index in [1.807, 2.05) is 11.0 Å². The number of fused-ring (bicyclic) bond motifs is 1. The minimum absolute atomic E-state index is 0.0200. The van der Waals surface area contributed by atoms with Crippen LogP contribution in [0.2, 0.25) is 0 Å². The van der Waals surface area contributed by atoms with Crippen LogP contribution in [-0.2, 0) is 25.9 Å². The van der Waals surface area contributed by atoms with Gasteiger partial charge in [0.2, 0.25) is 0 Å². The van der Waals surface area contributed by atoms with Crippen LogP contribution in [0.4, 0.5) is 4.79 Å². The molecule has 1 atom stereocenters. The Morgan fingerprint density at radius 1 is 1.12 bits per heavy atom. The van der Waals surface area contributed by atoms with Gasteiger partial charge in [0.05, 0.1) is 6.54 Å². The molecule has 0 bridgehead atoms. The molecule has 6 heteroatoms. The molecule has 2 aromatic rings. The molecule has 2 amide bonds. The Hall–Kier alpha value is -2.37. The molecule has 2 aliphatic heterocycles. The van der Waals surface area contributed by atoms with Gasteiger partial charge in [-0.25, -0.2) is 4.79 Å². The molecule has 1 fully saturated rings. The summed E-state index contributed by atoms with van der Waals surface area (Å²) in [6.07, 6.45) is 6.41. The van der Waals surface area contributed by atoms with Crippen molar-refractivity contribution in [1.29, 1.82) is 0 Å². The van der Waals surface area contributed by atoms with E-state index in [0.29, 0.717) is 6.54 Å². The molecule has 1 saturated heterocycles. The Bertz CT molecular complexity index is 727. The maximum absolute atomic E-state index is 12.7. The predicted molar refractivity (Wildman–Crippen MR) is 95.1 cm³/mol. The molecule has 0 aliphatic carbocycles. The Balaban J connectivity index is 1.36. The molecule has 132 valence electrons. The lowest BCUT2D eigenvalue weighted by Gasteiger charge is -2.25. The molecule has 0 spiro atoms. The largest absolute Gasteiger partial charge is 0.331 e. The van der Waals surface area contributed by atoms with Crippen LogP contribution in [0.3, 0.4) is 0 Å². The summed E-state index contributed by atoms with van der Waals surface area (Å²) < 4.78 is 2.16. The van der Waals surface area contributed by atoms with Crippen LogP contribution in [0.15, 0.2) is 30.3 Å². The lowest BCUT2D eigenvalue weighted by atomic mass is 10.0. The fraction of sp³-hybridized carbons (Fsp3) is 0.526. The monoisotopic (exact) mass is 339 g/mol. The number of amides is 2. The SMILES string of the molecule is O=C(NCc1nnc2n1CCCC2)N1CCC[C@@H]1Cc1ccccc1. The van der Waals surface area contributed by atoms with Gasteiger partial charge in [0.15, 0.2) is 5.82 Å². The van der Waals surface area contributed by atoms with E-state index in [1.165, 1.54) is 12.0 Å². The number of nitrogens with one attached hydrogen (secondary N) is 1. The highest BCUT2D eigenvalue weighted by atomic mass is 16.2. The Morgan fingerprint density at radius 2 is 2.00 bits per heavy atom. The summed E-state index contributed by atoms with van der Waals surface area (Å²) in [6.45, 7) is 2.26. The van der Waals surface area contributed by atoms with Crippen LogP contribution in [0.1, 0.15) is 42.9 Å². The molecule has 1 aromatic heterocycles. The number of carbonyl (C=O) groups excluding carboxylic acids is 1. The van der Waals surface area contributed by atoms with Crippen molar-refractivity contribution in [2.24, 2.45) is 0 Å². The fourth-order valence-corrected chi connectivity index (χ4v) is 3.96. The number of nitrogens with zero attached hydrogens (tertiary/aromatic N) is 4. The van der Waals surface area contributed by atoms with Crippen LogP contribution < -0.4 is 5.32 Å². The maximum atomic E-state index is 12.7. The molecule has 25 heavy (non-hydrogen) atoms. The predicted octanol–water partition coefficient (Wildman–Crippen LogP) is 2.53. The van der Waals surface area contributed by atoms with E-state index in [9.17, 15) is 4.79 Å². The minimum atomic E-state index is 0.0200. The highest BCUT2D eigenvalue weighted by molar-refractivity contribution is 5.74. The zero-order valence-electron chi connectivity index (χ0n) is 14.5. The first-order valence-electron chi connectivity index (χ1n) is 9.30. The standard InChI is InChI=1S/C19H25N5O/c25-19(20-14-18-22-21-17-10-4-5-11-24(17)18)23-12-6-9-16(23)13-15-7-2-1-3-8-15/h1-3,7-8,16H,4-6,9-14H2,(H,20,25)/t16-/m1/s1. The molecule has 0 radical (unpaired) electrons. The second-order valence-electron chi connectivity index (χ2n) is 6.98. The Kier molecular flexibility index (Phi) is 4.68. The number of benzene rings is 1. The number of aryl methyl sites for hydroxylation is 1. The van der Waals surface area contributed by atoms with Crippen molar-refractivity contribution in [1.82, 2.24) is 25.0 Å². The Morgan fingerprint density at radius 3 is 2.88 bits per heavy atom. The fourth-order valence-electron chi connectivity index (χ4n) is 3.96. The number of aromatic nitrogens is 3. The second kappa shape index (κ2) is 7.25. The number of hydrogen-bond donors (Lipinski definition) is 1. The molecule has 1 aromatic carbocycles. The molecule has 0 saturated carbocycles. The molecular formula is C19H25N5O. The van der Waals surface area contributed by atoms with Crippen molar-refractivity contribution in [3.05, 3.63) is 47.5 Å². The average Bonchev–Trinajstić information content (AvgIpc) is 3.27. The summed E-state index contributed by atoms with van der Waals surface area (Å²) in [7, 11) is 0. The van der Waals surface area contributed by atoms with Crippen molar-refractivity contribution in [2.45, 2.75) is 57.7 Å². The van der Waals surface area contributed by atoms with Crippen LogP contribution in [0, 0.1) is 0 Å². The smallest absolute Gasteiger partial charge is 0.318 e. The first kappa shape index (κ1) is 16.1. The quantitative estimate of drug-likeness (QED) is 0.931. The van der Waals surface area contributed by atoms with Crippen molar-refractivity contribution in [2.75, 3.05) is 6.54 Å². The molecule has 6 nitrogen and oxygen atoms in total. The summed E-state index contributed by atoms with van der Waals surface area (Å²) in [6, 6.07) is 10.7. The van der Waals surface area contributed by atoms with Crippen molar-refractivity contribution < 1.29 is 4.79 Å². The summed E-state index contributed by atoms with van der Waals surface area (Å²) in [5.41, 5.74) is 1.29. The van der Waals surface area contributed by atoms with Gasteiger partial charge in [0.25, 0.3) is 0 Å². The number of carbonyl (C=O) groups is 1. The number of hydrogen-bond acceptors (Lipinski definition) is 3. The van der Waals surface area contributed by atoms with E-state index in [4.69, 9.17) is 0 Å². The molecular weight excluding hydrogens is 314 g/mol. The van der Waals surface area contributed by atoms with Gasteiger partial charge in [-0.05, 0) is 37.7 Å². The van der Waals surface area contributed by atoms with Crippen LogP contribution in [0.25, 0.3) is 0 Å². The van der Waals surface area contributed by atoms with Crippen LogP contribution in [-0.4, -0.2) is 38.3 Å². The van der Waals surface area contributed by atoms with Crippen molar-refractivity contribution in [3.8, 4) is 0 Å². The second-order valence-corrected chi connectivity index (χ2v) is 6.98. The zero-order valence-corrected chi connectivity index (χ0v) is 14.5. The third-order valence-electron chi connectivity index (χ3n) is 5.29. The normalized spacial score (nSPS) is 19.7. The summed E-state index contributed by atoms with van der Waals surface area (Å²) in [5, 5.41) is 11.6. The van der Waals surface area contributed by atoms with E-state index in [2.05, 4.69) is 44.3 Å². The molecule has 0 unspecified atom stereocenters. The minimum Gasteiger partial charge on any atom is -0.331 e. The van der Waals surface area contributed by atoms with Gasteiger partial charge < -0.3 is 14.8 Å². The van der Waals surface area contributed by atoms with E-state index in [0.717, 1.165) is 56.8 Å². The van der Waals surface area contributed by atoms with E-state index in [1.54, 1.807) is 0 Å². The first-order valence-corrected chi connectivity index (χ1v) is 9.30. The Labute approximate surface area is 148 Å². The first-order chi connectivity index (χ1) is 12.3. The van der Waals surface area contributed by atoms with Gasteiger partial charge in [-0.2, -0.15) is 0 Å². The lowest BCUT2D eigenvalue weighted by molar-refractivity contribution is 0.191. The number of likely N-dealkylation sites (tertiary alicyclic amines) is 1. The maximum Gasteiger partial charge on any atom is 0.318 e. The van der Waals surface area contributed by atoms with E-state index < -0.39 is 0 Å². The molecule has 1 N–H and O–H groups in total. The summed E-state index contributed by atoms with van der Waals surface area (Å²) >= 11 is 0. The van der Waals surface area contributed by atoms with Gasteiger partial charge in [-0.15, -0.1) is 10.2 Å². The third-order valence-corrected chi connectivity index (χ3v) is 5.29. The zero-order chi connectivity index (χ0) is 17.1. The molecule has 4 rings (SSSR count). The summed E-state index contributed by atoms with van der Waals surface area (Å²) in [4.78, 5) is 14.7. The third kappa shape index (κ3) is 3.52. The highest BCUT2D eigenvalue weighted by Gasteiger charge is 2.29. The molecule has 3 heterocycles. The van der Waals surface area contributed by atoms with Gasteiger partial charge >= 0.3 is 6.03 Å². The van der Waals surface area contributed by atoms with Gasteiger partial charge in [-0.3, -0.25) is 0 Å². The van der Waals surface area contributed by atoms with E-state index >= 15 is 0 Å².